The number of imidazole rings is 1. The molecule has 29 heavy (non-hydrogen) atoms. The predicted molar refractivity (Wildman–Crippen MR) is 113 cm³/mol. The molecule has 2 amide bonds. The van der Waals surface area contributed by atoms with Gasteiger partial charge in [-0.25, -0.2) is 4.98 Å². The van der Waals surface area contributed by atoms with Crippen molar-refractivity contribution in [2.24, 2.45) is 0 Å². The van der Waals surface area contributed by atoms with Crippen LogP contribution in [0, 0.1) is 6.92 Å². The topological polar surface area (TPSA) is 76.0 Å². The van der Waals surface area contributed by atoms with Crippen molar-refractivity contribution in [1.29, 1.82) is 0 Å². The van der Waals surface area contributed by atoms with Gasteiger partial charge in [0.2, 0.25) is 0 Å². The fourth-order valence-corrected chi connectivity index (χ4v) is 3.01. The molecule has 6 heteroatoms. The van der Waals surface area contributed by atoms with Gasteiger partial charge in [-0.3, -0.25) is 14.2 Å². The molecule has 0 bridgehead atoms. The van der Waals surface area contributed by atoms with Crippen LogP contribution in [0.1, 0.15) is 52.5 Å². The zero-order valence-corrected chi connectivity index (χ0v) is 17.0. The molecule has 0 aliphatic rings. The lowest BCUT2D eigenvalue weighted by Crippen LogP contribution is -2.32. The molecule has 0 saturated heterocycles. The minimum atomic E-state index is -0.219. The first-order chi connectivity index (χ1) is 14.0. The van der Waals surface area contributed by atoms with Crippen LogP contribution in [0.15, 0.2) is 60.8 Å². The number of rotatable bonds is 7. The molecule has 0 fully saturated rings. The van der Waals surface area contributed by atoms with Crippen LogP contribution < -0.4 is 10.6 Å². The molecule has 0 saturated carbocycles. The van der Waals surface area contributed by atoms with Crippen LogP contribution in [0.5, 0.6) is 0 Å². The minimum absolute atomic E-state index is 0.106. The van der Waals surface area contributed by atoms with Crippen LogP contribution in [0.4, 0.5) is 0 Å². The molecule has 1 unspecified atom stereocenters. The number of carbonyl (C=O) groups is 2. The van der Waals surface area contributed by atoms with Crippen LogP contribution >= 0.6 is 0 Å². The van der Waals surface area contributed by atoms with E-state index in [0.717, 1.165) is 23.5 Å². The number of nitrogens with one attached hydrogen (secondary N) is 2. The first kappa shape index (κ1) is 20.3. The fourth-order valence-electron chi connectivity index (χ4n) is 3.01. The molecule has 1 aromatic heterocycles. The maximum absolute atomic E-state index is 12.8. The number of nitrogens with zero attached hydrogens (tertiary/aromatic N) is 2. The van der Waals surface area contributed by atoms with Crippen molar-refractivity contribution in [3.8, 4) is 5.69 Å². The number of hydrogen-bond donors (Lipinski definition) is 2. The van der Waals surface area contributed by atoms with E-state index in [4.69, 9.17) is 0 Å². The number of amides is 2. The van der Waals surface area contributed by atoms with Gasteiger partial charge in [-0.05, 0) is 50.1 Å². The molecular formula is C23H26N4O2. The Kier molecular flexibility index (Phi) is 6.44. The Morgan fingerprint density at radius 2 is 1.83 bits per heavy atom. The molecule has 3 aromatic rings. The normalized spacial score (nSPS) is 11.7. The lowest BCUT2D eigenvalue weighted by Gasteiger charge is -2.13. The van der Waals surface area contributed by atoms with Crippen molar-refractivity contribution in [1.82, 2.24) is 20.2 Å². The lowest BCUT2D eigenvalue weighted by atomic mass is 10.1. The van der Waals surface area contributed by atoms with E-state index in [1.54, 1.807) is 18.3 Å². The summed E-state index contributed by atoms with van der Waals surface area (Å²) in [7, 11) is 0. The summed E-state index contributed by atoms with van der Waals surface area (Å²) in [5.41, 5.74) is 2.80. The first-order valence-corrected chi connectivity index (χ1v) is 9.77. The van der Waals surface area contributed by atoms with Crippen LogP contribution in [0.25, 0.3) is 5.69 Å². The standard InChI is InChI=1S/C23H26N4O2/c1-4-16(2)26-22(28)19-10-8-9-18(13-19)14-25-23(29)21-15-24-17(3)27(21)20-11-6-5-7-12-20/h5-13,15-16H,4,14H2,1-3H3,(H,25,29)(H,26,28). The first-order valence-electron chi connectivity index (χ1n) is 9.77. The zero-order chi connectivity index (χ0) is 20.8. The molecule has 2 aromatic carbocycles. The van der Waals surface area contributed by atoms with Crippen molar-refractivity contribution in [2.75, 3.05) is 0 Å². The summed E-state index contributed by atoms with van der Waals surface area (Å²) in [5.74, 6) is 0.416. The van der Waals surface area contributed by atoms with Crippen molar-refractivity contribution in [3.05, 3.63) is 83.4 Å². The van der Waals surface area contributed by atoms with E-state index < -0.39 is 0 Å². The number of aryl methyl sites for hydroxylation is 1. The highest BCUT2D eigenvalue weighted by Crippen LogP contribution is 2.15. The molecule has 1 atom stereocenters. The second-order valence-electron chi connectivity index (χ2n) is 7.03. The molecule has 0 radical (unpaired) electrons. The summed E-state index contributed by atoms with van der Waals surface area (Å²) in [6.45, 7) is 6.18. The van der Waals surface area contributed by atoms with E-state index in [9.17, 15) is 9.59 Å². The second-order valence-corrected chi connectivity index (χ2v) is 7.03. The van der Waals surface area contributed by atoms with Crippen LogP contribution in [-0.4, -0.2) is 27.4 Å². The maximum Gasteiger partial charge on any atom is 0.270 e. The van der Waals surface area contributed by atoms with E-state index in [1.165, 1.54) is 0 Å². The lowest BCUT2D eigenvalue weighted by molar-refractivity contribution is 0.0935. The highest BCUT2D eigenvalue weighted by Gasteiger charge is 2.16. The number of hydrogen-bond acceptors (Lipinski definition) is 3. The number of benzene rings is 2. The summed E-state index contributed by atoms with van der Waals surface area (Å²) in [6.07, 6.45) is 2.45. The van der Waals surface area contributed by atoms with Gasteiger partial charge in [0.05, 0.1) is 6.20 Å². The molecule has 150 valence electrons. The van der Waals surface area contributed by atoms with E-state index in [2.05, 4.69) is 15.6 Å². The van der Waals surface area contributed by atoms with Crippen molar-refractivity contribution in [3.63, 3.8) is 0 Å². The molecule has 2 N–H and O–H groups in total. The number of carbonyl (C=O) groups excluding carboxylic acids is 2. The molecular weight excluding hydrogens is 364 g/mol. The minimum Gasteiger partial charge on any atom is -0.350 e. The van der Waals surface area contributed by atoms with Gasteiger partial charge in [0.15, 0.2) is 0 Å². The predicted octanol–water partition coefficient (Wildman–Crippen LogP) is 3.64. The third kappa shape index (κ3) is 4.90. The van der Waals surface area contributed by atoms with Crippen LogP contribution in [-0.2, 0) is 6.54 Å². The van der Waals surface area contributed by atoms with Gasteiger partial charge in [0.25, 0.3) is 11.8 Å². The monoisotopic (exact) mass is 390 g/mol. The number of para-hydroxylation sites is 1. The molecule has 6 nitrogen and oxygen atoms in total. The highest BCUT2D eigenvalue weighted by atomic mass is 16.2. The van der Waals surface area contributed by atoms with Crippen molar-refractivity contribution in [2.45, 2.75) is 39.8 Å². The molecule has 0 aliphatic carbocycles. The third-order valence-corrected chi connectivity index (χ3v) is 4.82. The zero-order valence-electron chi connectivity index (χ0n) is 17.0. The summed E-state index contributed by atoms with van der Waals surface area (Å²) in [5, 5.41) is 5.88. The van der Waals surface area contributed by atoms with E-state index >= 15 is 0 Å². The van der Waals surface area contributed by atoms with Gasteiger partial charge >= 0.3 is 0 Å². The third-order valence-electron chi connectivity index (χ3n) is 4.82. The van der Waals surface area contributed by atoms with Gasteiger partial charge in [0, 0.05) is 23.8 Å². The Balaban J connectivity index is 1.71. The Hall–Kier alpha value is -3.41. The maximum atomic E-state index is 12.8. The summed E-state index contributed by atoms with van der Waals surface area (Å²) < 4.78 is 1.82. The van der Waals surface area contributed by atoms with Crippen LogP contribution in [0.2, 0.25) is 0 Å². The SMILES string of the molecule is CCC(C)NC(=O)c1cccc(CNC(=O)c2cnc(C)n2-c2ccccc2)c1. The summed E-state index contributed by atoms with van der Waals surface area (Å²) in [6, 6.07) is 17.1. The van der Waals surface area contributed by atoms with Gasteiger partial charge in [-0.15, -0.1) is 0 Å². The Morgan fingerprint density at radius 1 is 1.07 bits per heavy atom. The van der Waals surface area contributed by atoms with Crippen LogP contribution in [0.3, 0.4) is 0 Å². The fraction of sp³-hybridized carbons (Fsp3) is 0.261. The summed E-state index contributed by atoms with van der Waals surface area (Å²) in [4.78, 5) is 29.4. The largest absolute Gasteiger partial charge is 0.350 e. The average molecular weight is 390 g/mol. The van der Waals surface area contributed by atoms with Gasteiger partial charge < -0.3 is 10.6 Å². The average Bonchev–Trinajstić information content (AvgIpc) is 3.14. The Bertz CT molecular complexity index is 995. The quantitative estimate of drug-likeness (QED) is 0.647. The van der Waals surface area contributed by atoms with Crippen molar-refractivity contribution >= 4 is 11.8 Å². The molecule has 0 aliphatic heterocycles. The van der Waals surface area contributed by atoms with E-state index in [0.29, 0.717) is 17.8 Å². The Labute approximate surface area is 171 Å². The van der Waals surface area contributed by atoms with E-state index in [-0.39, 0.29) is 17.9 Å². The van der Waals surface area contributed by atoms with E-state index in [1.807, 2.05) is 67.8 Å². The molecule has 3 rings (SSSR count). The highest BCUT2D eigenvalue weighted by molar-refractivity contribution is 5.95. The Morgan fingerprint density at radius 3 is 2.55 bits per heavy atom. The van der Waals surface area contributed by atoms with Gasteiger partial charge in [0.1, 0.15) is 11.5 Å². The summed E-state index contributed by atoms with van der Waals surface area (Å²) >= 11 is 0. The van der Waals surface area contributed by atoms with Gasteiger partial charge in [-0.1, -0.05) is 37.3 Å². The second kappa shape index (κ2) is 9.19. The van der Waals surface area contributed by atoms with Crippen molar-refractivity contribution < 1.29 is 9.59 Å². The molecule has 1 heterocycles. The number of aromatic nitrogens is 2. The van der Waals surface area contributed by atoms with Gasteiger partial charge in [-0.2, -0.15) is 0 Å². The molecule has 0 spiro atoms. The smallest absolute Gasteiger partial charge is 0.270 e.